The largest absolute Gasteiger partial charge is 0.385 e. The summed E-state index contributed by atoms with van der Waals surface area (Å²) >= 11 is 0. The van der Waals surface area contributed by atoms with Crippen molar-refractivity contribution in [1.29, 1.82) is 0 Å². The Labute approximate surface area is 89.6 Å². The first-order valence-corrected chi connectivity index (χ1v) is 5.21. The molecule has 0 spiro atoms. The van der Waals surface area contributed by atoms with E-state index in [1.165, 1.54) is 0 Å². The minimum absolute atomic E-state index is 0.700. The van der Waals surface area contributed by atoms with E-state index in [2.05, 4.69) is 4.98 Å². The fourth-order valence-corrected chi connectivity index (χ4v) is 1.61. The highest BCUT2D eigenvalue weighted by Gasteiger charge is 2.20. The first-order valence-electron chi connectivity index (χ1n) is 5.21. The summed E-state index contributed by atoms with van der Waals surface area (Å²) in [6, 6.07) is 9.86. The summed E-state index contributed by atoms with van der Waals surface area (Å²) in [6.45, 7) is 3.81. The highest BCUT2D eigenvalue weighted by Crippen LogP contribution is 2.26. The van der Waals surface area contributed by atoms with E-state index in [0.717, 1.165) is 16.5 Å². The van der Waals surface area contributed by atoms with E-state index in [4.69, 9.17) is 0 Å². The van der Waals surface area contributed by atoms with E-state index < -0.39 is 5.60 Å². The second kappa shape index (κ2) is 3.63. The molecule has 1 N–H and O–H groups in total. The average Bonchev–Trinajstić information content (AvgIpc) is 2.28. The molecule has 2 nitrogen and oxygen atoms in total. The van der Waals surface area contributed by atoms with Crippen LogP contribution in [0.2, 0.25) is 0 Å². The van der Waals surface area contributed by atoms with E-state index in [1.807, 2.05) is 44.2 Å². The van der Waals surface area contributed by atoms with Crippen molar-refractivity contribution in [2.45, 2.75) is 25.9 Å². The van der Waals surface area contributed by atoms with E-state index in [1.54, 1.807) is 6.20 Å². The molecule has 0 amide bonds. The number of hydrogen-bond acceptors (Lipinski definition) is 2. The van der Waals surface area contributed by atoms with E-state index in [0.29, 0.717) is 6.42 Å². The van der Waals surface area contributed by atoms with Crippen LogP contribution in [0.25, 0.3) is 10.9 Å². The van der Waals surface area contributed by atoms with Gasteiger partial charge in [0, 0.05) is 11.6 Å². The molecule has 1 aromatic heterocycles. The van der Waals surface area contributed by atoms with Gasteiger partial charge in [0.25, 0.3) is 0 Å². The van der Waals surface area contributed by atoms with Crippen LogP contribution in [0, 0.1) is 0 Å². The van der Waals surface area contributed by atoms with Gasteiger partial charge in [0.05, 0.1) is 11.1 Å². The van der Waals surface area contributed by atoms with Gasteiger partial charge < -0.3 is 5.11 Å². The van der Waals surface area contributed by atoms with Crippen LogP contribution in [-0.4, -0.2) is 10.1 Å². The van der Waals surface area contributed by atoms with Gasteiger partial charge in [0.1, 0.15) is 0 Å². The minimum Gasteiger partial charge on any atom is -0.385 e. The minimum atomic E-state index is -0.758. The third-order valence-electron chi connectivity index (χ3n) is 2.92. The van der Waals surface area contributed by atoms with Gasteiger partial charge in [-0.2, -0.15) is 0 Å². The lowest BCUT2D eigenvalue weighted by atomic mass is 9.92. The van der Waals surface area contributed by atoms with Crippen molar-refractivity contribution in [2.24, 2.45) is 0 Å². The Balaban J connectivity index is 2.56. The molecule has 0 bridgehead atoms. The average molecular weight is 201 g/mol. The van der Waals surface area contributed by atoms with Gasteiger partial charge in [0.2, 0.25) is 0 Å². The summed E-state index contributed by atoms with van der Waals surface area (Å²) in [5, 5.41) is 11.2. The maximum absolute atomic E-state index is 10.1. The van der Waals surface area contributed by atoms with Crippen LogP contribution in [0.4, 0.5) is 0 Å². The zero-order valence-corrected chi connectivity index (χ0v) is 9.07. The van der Waals surface area contributed by atoms with Gasteiger partial charge in [-0.1, -0.05) is 25.1 Å². The Kier molecular flexibility index (Phi) is 2.45. The van der Waals surface area contributed by atoms with Crippen LogP contribution in [0.5, 0.6) is 0 Å². The number of fused-ring (bicyclic) bond motifs is 1. The second-order valence-electron chi connectivity index (χ2n) is 4.04. The number of rotatable bonds is 2. The molecule has 0 aliphatic heterocycles. The van der Waals surface area contributed by atoms with Crippen molar-refractivity contribution in [1.82, 2.24) is 4.98 Å². The van der Waals surface area contributed by atoms with Crippen molar-refractivity contribution >= 4 is 10.9 Å². The van der Waals surface area contributed by atoms with Crippen LogP contribution in [0.3, 0.4) is 0 Å². The van der Waals surface area contributed by atoms with Crippen LogP contribution < -0.4 is 0 Å². The van der Waals surface area contributed by atoms with E-state index in [9.17, 15) is 5.11 Å². The first-order chi connectivity index (χ1) is 7.13. The van der Waals surface area contributed by atoms with Crippen molar-refractivity contribution in [3.05, 3.63) is 42.1 Å². The molecular weight excluding hydrogens is 186 g/mol. The van der Waals surface area contributed by atoms with Gasteiger partial charge in [-0.05, 0) is 31.0 Å². The zero-order chi connectivity index (χ0) is 10.9. The van der Waals surface area contributed by atoms with E-state index in [-0.39, 0.29) is 0 Å². The quantitative estimate of drug-likeness (QED) is 0.810. The number of nitrogens with zero attached hydrogens (tertiary/aromatic N) is 1. The van der Waals surface area contributed by atoms with Gasteiger partial charge in [-0.25, -0.2) is 0 Å². The molecule has 0 fully saturated rings. The van der Waals surface area contributed by atoms with Crippen LogP contribution in [0.1, 0.15) is 25.8 Å². The molecule has 0 aliphatic carbocycles. The van der Waals surface area contributed by atoms with Gasteiger partial charge in [-0.3, -0.25) is 4.98 Å². The normalized spacial score (nSPS) is 15.1. The summed E-state index contributed by atoms with van der Waals surface area (Å²) < 4.78 is 0. The van der Waals surface area contributed by atoms with Crippen molar-refractivity contribution in [3.8, 4) is 0 Å². The molecule has 1 aromatic carbocycles. The maximum Gasteiger partial charge on any atom is 0.0866 e. The van der Waals surface area contributed by atoms with Crippen LogP contribution in [-0.2, 0) is 5.60 Å². The molecule has 0 radical (unpaired) electrons. The number of pyridine rings is 1. The first kappa shape index (κ1) is 10.1. The molecule has 0 saturated carbocycles. The second-order valence-corrected chi connectivity index (χ2v) is 4.04. The summed E-state index contributed by atoms with van der Waals surface area (Å²) in [5.41, 5.74) is 1.10. The molecule has 1 unspecified atom stereocenters. The monoisotopic (exact) mass is 201 g/mol. The lowest BCUT2D eigenvalue weighted by Crippen LogP contribution is -2.19. The maximum atomic E-state index is 10.1. The topological polar surface area (TPSA) is 33.1 Å². The third kappa shape index (κ3) is 1.85. The smallest absolute Gasteiger partial charge is 0.0866 e. The number of benzene rings is 1. The molecule has 2 heteroatoms. The number of aliphatic hydroxyl groups is 1. The van der Waals surface area contributed by atoms with Gasteiger partial charge >= 0.3 is 0 Å². The molecule has 1 atom stereocenters. The fraction of sp³-hybridized carbons (Fsp3) is 0.308. The summed E-state index contributed by atoms with van der Waals surface area (Å²) in [5.74, 6) is 0. The predicted molar refractivity (Wildman–Crippen MR) is 61.6 cm³/mol. The van der Waals surface area contributed by atoms with Crippen LogP contribution in [0.15, 0.2) is 36.5 Å². The summed E-state index contributed by atoms with van der Waals surface area (Å²) in [7, 11) is 0. The Morgan fingerprint density at radius 1 is 1.33 bits per heavy atom. The summed E-state index contributed by atoms with van der Waals surface area (Å²) in [6.07, 6.45) is 2.47. The predicted octanol–water partition coefficient (Wildman–Crippen LogP) is 2.85. The van der Waals surface area contributed by atoms with Crippen molar-refractivity contribution in [2.75, 3.05) is 0 Å². The zero-order valence-electron chi connectivity index (χ0n) is 9.07. The van der Waals surface area contributed by atoms with Gasteiger partial charge in [-0.15, -0.1) is 0 Å². The Morgan fingerprint density at radius 2 is 2.13 bits per heavy atom. The molecule has 2 rings (SSSR count). The molecule has 0 aliphatic rings. The molecule has 15 heavy (non-hydrogen) atoms. The van der Waals surface area contributed by atoms with Crippen molar-refractivity contribution < 1.29 is 5.11 Å². The lowest BCUT2D eigenvalue weighted by molar-refractivity contribution is 0.0532. The third-order valence-corrected chi connectivity index (χ3v) is 2.92. The molecule has 1 heterocycles. The lowest BCUT2D eigenvalue weighted by Gasteiger charge is -2.21. The fourth-order valence-electron chi connectivity index (χ4n) is 1.61. The highest BCUT2D eigenvalue weighted by molar-refractivity contribution is 5.79. The molecular formula is C13H15NO. The molecule has 78 valence electrons. The SMILES string of the molecule is CCC(C)(O)c1ccc2cccnc2c1. The Hall–Kier alpha value is -1.41. The number of hydrogen-bond donors (Lipinski definition) is 1. The van der Waals surface area contributed by atoms with E-state index >= 15 is 0 Å². The number of aromatic nitrogens is 1. The molecule has 0 saturated heterocycles. The standard InChI is InChI=1S/C13H15NO/c1-3-13(2,15)11-7-6-10-5-4-8-14-12(10)9-11/h4-9,15H,3H2,1-2H3. The van der Waals surface area contributed by atoms with Gasteiger partial charge in [0.15, 0.2) is 0 Å². The Morgan fingerprint density at radius 3 is 2.87 bits per heavy atom. The van der Waals surface area contributed by atoms with Crippen LogP contribution >= 0.6 is 0 Å². The highest BCUT2D eigenvalue weighted by atomic mass is 16.3. The van der Waals surface area contributed by atoms with Crippen molar-refractivity contribution in [3.63, 3.8) is 0 Å². The Bertz CT molecular complexity index is 477. The summed E-state index contributed by atoms with van der Waals surface area (Å²) in [4.78, 5) is 4.28. The molecule has 2 aromatic rings.